The van der Waals surface area contributed by atoms with Gasteiger partial charge in [-0.1, -0.05) is 24.3 Å². The maximum atomic E-state index is 11.0. The molecule has 7 nitrogen and oxygen atoms in total. The zero-order valence-corrected chi connectivity index (χ0v) is 14.6. The molecular weight excluding hydrogens is 334 g/mol. The molecular formula is C19H21N3O4. The molecule has 136 valence electrons. The SMILES string of the molecule is COc1ccc(CNCc2ccccc2[N+](=O)[O-])cc1OCCCC#N. The third-order valence-corrected chi connectivity index (χ3v) is 3.75. The van der Waals surface area contributed by atoms with Crippen LogP contribution in [0.25, 0.3) is 0 Å². The third kappa shape index (κ3) is 5.46. The van der Waals surface area contributed by atoms with E-state index in [4.69, 9.17) is 14.7 Å². The van der Waals surface area contributed by atoms with Crippen molar-refractivity contribution in [1.29, 1.82) is 5.26 Å². The molecule has 0 aromatic heterocycles. The van der Waals surface area contributed by atoms with E-state index in [-0.39, 0.29) is 10.6 Å². The normalized spacial score (nSPS) is 10.2. The van der Waals surface area contributed by atoms with Gasteiger partial charge in [0.15, 0.2) is 11.5 Å². The van der Waals surface area contributed by atoms with Gasteiger partial charge in [0.2, 0.25) is 0 Å². The Morgan fingerprint density at radius 2 is 2.00 bits per heavy atom. The quantitative estimate of drug-likeness (QED) is 0.397. The van der Waals surface area contributed by atoms with Crippen molar-refractivity contribution in [3.8, 4) is 17.6 Å². The van der Waals surface area contributed by atoms with Gasteiger partial charge in [0.05, 0.1) is 24.7 Å². The lowest BCUT2D eigenvalue weighted by Crippen LogP contribution is -2.14. The highest BCUT2D eigenvalue weighted by atomic mass is 16.6. The molecule has 0 amide bonds. The number of ether oxygens (including phenoxy) is 2. The molecule has 0 heterocycles. The molecule has 0 radical (unpaired) electrons. The lowest BCUT2D eigenvalue weighted by Gasteiger charge is -2.12. The maximum absolute atomic E-state index is 11.0. The van der Waals surface area contributed by atoms with E-state index in [1.165, 1.54) is 6.07 Å². The summed E-state index contributed by atoms with van der Waals surface area (Å²) in [6.07, 6.45) is 1.10. The predicted molar refractivity (Wildman–Crippen MR) is 97.0 cm³/mol. The summed E-state index contributed by atoms with van der Waals surface area (Å²) in [7, 11) is 1.57. The van der Waals surface area contributed by atoms with Crippen LogP contribution >= 0.6 is 0 Å². The van der Waals surface area contributed by atoms with Gasteiger partial charge in [-0.25, -0.2) is 0 Å². The van der Waals surface area contributed by atoms with E-state index in [0.717, 1.165) is 5.56 Å². The summed E-state index contributed by atoms with van der Waals surface area (Å²) in [5.41, 5.74) is 1.72. The molecule has 1 N–H and O–H groups in total. The van der Waals surface area contributed by atoms with Gasteiger partial charge in [0.1, 0.15) is 0 Å². The van der Waals surface area contributed by atoms with E-state index in [2.05, 4.69) is 11.4 Å². The molecule has 0 saturated carbocycles. The second-order valence-corrected chi connectivity index (χ2v) is 5.58. The van der Waals surface area contributed by atoms with Gasteiger partial charge in [0.25, 0.3) is 5.69 Å². The molecule has 0 spiro atoms. The minimum absolute atomic E-state index is 0.108. The van der Waals surface area contributed by atoms with Gasteiger partial charge < -0.3 is 14.8 Å². The summed E-state index contributed by atoms with van der Waals surface area (Å²) in [5, 5.41) is 22.8. The monoisotopic (exact) mass is 355 g/mol. The Hall–Kier alpha value is -3.11. The topological polar surface area (TPSA) is 97.4 Å². The fraction of sp³-hybridized carbons (Fsp3) is 0.316. The van der Waals surface area contributed by atoms with E-state index >= 15 is 0 Å². The Balaban J connectivity index is 1.97. The maximum Gasteiger partial charge on any atom is 0.273 e. The van der Waals surface area contributed by atoms with Crippen molar-refractivity contribution in [1.82, 2.24) is 5.32 Å². The summed E-state index contributed by atoms with van der Waals surface area (Å²) >= 11 is 0. The number of para-hydroxylation sites is 1. The molecule has 0 unspecified atom stereocenters. The van der Waals surface area contributed by atoms with Crippen LogP contribution in [0, 0.1) is 21.4 Å². The number of nitrogens with zero attached hydrogens (tertiary/aromatic N) is 2. The highest BCUT2D eigenvalue weighted by molar-refractivity contribution is 5.43. The predicted octanol–water partition coefficient (Wildman–Crippen LogP) is 3.58. The average molecular weight is 355 g/mol. The van der Waals surface area contributed by atoms with Gasteiger partial charge in [-0.3, -0.25) is 10.1 Å². The first-order chi connectivity index (χ1) is 12.7. The second kappa shape index (κ2) is 10.0. The number of methoxy groups -OCH3 is 1. The molecule has 2 aromatic carbocycles. The number of nitriles is 1. The number of hydrogen-bond donors (Lipinski definition) is 1. The van der Waals surface area contributed by atoms with Gasteiger partial charge in [-0.15, -0.1) is 0 Å². The van der Waals surface area contributed by atoms with Gasteiger partial charge in [-0.2, -0.15) is 5.26 Å². The van der Waals surface area contributed by atoms with E-state index in [9.17, 15) is 10.1 Å². The highest BCUT2D eigenvalue weighted by Gasteiger charge is 2.12. The zero-order chi connectivity index (χ0) is 18.8. The largest absolute Gasteiger partial charge is 0.493 e. The van der Waals surface area contributed by atoms with E-state index in [1.54, 1.807) is 25.3 Å². The number of hydrogen-bond acceptors (Lipinski definition) is 6. The number of nitro benzene ring substituents is 1. The van der Waals surface area contributed by atoms with Gasteiger partial charge >= 0.3 is 0 Å². The van der Waals surface area contributed by atoms with E-state index in [1.807, 2.05) is 18.2 Å². The molecule has 2 rings (SSSR count). The fourth-order valence-electron chi connectivity index (χ4n) is 2.46. The van der Waals surface area contributed by atoms with Crippen LogP contribution in [0.2, 0.25) is 0 Å². The van der Waals surface area contributed by atoms with E-state index < -0.39 is 0 Å². The van der Waals surface area contributed by atoms with Crippen molar-refractivity contribution >= 4 is 5.69 Å². The van der Waals surface area contributed by atoms with Crippen LogP contribution in [0.3, 0.4) is 0 Å². The minimum atomic E-state index is -0.377. The summed E-state index contributed by atoms with van der Waals surface area (Å²) in [6, 6.07) is 14.4. The van der Waals surface area contributed by atoms with Crippen LogP contribution in [-0.2, 0) is 13.1 Å². The first-order valence-electron chi connectivity index (χ1n) is 8.25. The Morgan fingerprint density at radius 3 is 2.73 bits per heavy atom. The van der Waals surface area contributed by atoms with Crippen LogP contribution < -0.4 is 14.8 Å². The number of nitrogens with one attached hydrogen (secondary N) is 1. The van der Waals surface area contributed by atoms with Crippen molar-refractivity contribution in [2.45, 2.75) is 25.9 Å². The Labute approximate surface area is 152 Å². The van der Waals surface area contributed by atoms with Crippen LogP contribution in [0.1, 0.15) is 24.0 Å². The number of nitro groups is 1. The number of benzene rings is 2. The zero-order valence-electron chi connectivity index (χ0n) is 14.6. The average Bonchev–Trinajstić information content (AvgIpc) is 2.65. The molecule has 0 saturated heterocycles. The van der Waals surface area contributed by atoms with Crippen LogP contribution in [0.4, 0.5) is 5.69 Å². The molecule has 0 aliphatic heterocycles. The number of unbranched alkanes of at least 4 members (excludes halogenated alkanes) is 1. The first kappa shape index (κ1) is 19.2. The van der Waals surface area contributed by atoms with Crippen molar-refractivity contribution in [3.05, 3.63) is 63.7 Å². The molecule has 0 aliphatic rings. The number of rotatable bonds is 10. The lowest BCUT2D eigenvalue weighted by molar-refractivity contribution is -0.385. The Kier molecular flexibility index (Phi) is 7.40. The summed E-state index contributed by atoms with van der Waals surface area (Å²) in [5.74, 6) is 1.25. The molecule has 0 fully saturated rings. The third-order valence-electron chi connectivity index (χ3n) is 3.75. The van der Waals surface area contributed by atoms with Crippen molar-refractivity contribution in [2.75, 3.05) is 13.7 Å². The van der Waals surface area contributed by atoms with Crippen molar-refractivity contribution < 1.29 is 14.4 Å². The van der Waals surface area contributed by atoms with Gasteiger partial charge in [0, 0.05) is 31.1 Å². The van der Waals surface area contributed by atoms with E-state index in [0.29, 0.717) is 49.6 Å². The minimum Gasteiger partial charge on any atom is -0.493 e. The Bertz CT molecular complexity index is 787. The van der Waals surface area contributed by atoms with Crippen LogP contribution in [0.15, 0.2) is 42.5 Å². The van der Waals surface area contributed by atoms with Crippen LogP contribution in [-0.4, -0.2) is 18.6 Å². The molecule has 0 bridgehead atoms. The first-order valence-corrected chi connectivity index (χ1v) is 8.25. The van der Waals surface area contributed by atoms with Crippen LogP contribution in [0.5, 0.6) is 11.5 Å². The molecule has 7 heteroatoms. The van der Waals surface area contributed by atoms with Crippen molar-refractivity contribution in [2.24, 2.45) is 0 Å². The summed E-state index contributed by atoms with van der Waals surface area (Å²) in [4.78, 5) is 10.7. The molecule has 0 atom stereocenters. The smallest absolute Gasteiger partial charge is 0.273 e. The molecule has 26 heavy (non-hydrogen) atoms. The lowest BCUT2D eigenvalue weighted by atomic mass is 10.1. The highest BCUT2D eigenvalue weighted by Crippen LogP contribution is 2.28. The molecule has 0 aliphatic carbocycles. The van der Waals surface area contributed by atoms with Gasteiger partial charge in [-0.05, 0) is 24.1 Å². The summed E-state index contributed by atoms with van der Waals surface area (Å²) in [6.45, 7) is 1.36. The Morgan fingerprint density at radius 1 is 1.19 bits per heavy atom. The fourth-order valence-corrected chi connectivity index (χ4v) is 2.46. The molecule has 2 aromatic rings. The van der Waals surface area contributed by atoms with Crippen molar-refractivity contribution in [3.63, 3.8) is 0 Å². The summed E-state index contributed by atoms with van der Waals surface area (Å²) < 4.78 is 11.0. The standard InChI is InChI=1S/C19H21N3O4/c1-25-18-9-8-15(12-19(18)26-11-5-4-10-20)13-21-14-16-6-2-3-7-17(16)22(23)24/h2-3,6-9,12,21H,4-5,11,13-14H2,1H3. The second-order valence-electron chi connectivity index (χ2n) is 5.58.